The average Bonchev–Trinajstić information content (AvgIpc) is 3.21. The number of aryl methyl sites for hydroxylation is 1. The number of rotatable bonds is 7. The number of thiazole rings is 1. The highest BCUT2D eigenvalue weighted by molar-refractivity contribution is 8.01. The molecule has 2 aromatic carbocycles. The lowest BCUT2D eigenvalue weighted by Crippen LogP contribution is -2.36. The quantitative estimate of drug-likeness (QED) is 0.286. The van der Waals surface area contributed by atoms with Crippen LogP contribution in [0.1, 0.15) is 24.8 Å². The fourth-order valence-electron chi connectivity index (χ4n) is 3.57. The number of piperidine rings is 1. The van der Waals surface area contributed by atoms with Crippen LogP contribution in [-0.2, 0) is 14.8 Å². The second-order valence-electron chi connectivity index (χ2n) is 7.69. The molecule has 0 unspecified atom stereocenters. The van der Waals surface area contributed by atoms with Gasteiger partial charge in [0.25, 0.3) is 5.69 Å². The molecular weight excluding hydrogens is 484 g/mol. The highest BCUT2D eigenvalue weighted by Crippen LogP contribution is 2.32. The van der Waals surface area contributed by atoms with Gasteiger partial charge < -0.3 is 5.32 Å². The first-order valence-electron chi connectivity index (χ1n) is 10.3. The molecule has 0 bridgehead atoms. The van der Waals surface area contributed by atoms with E-state index in [0.717, 1.165) is 24.8 Å². The summed E-state index contributed by atoms with van der Waals surface area (Å²) in [7, 11) is -3.71. The Morgan fingerprint density at radius 1 is 1.21 bits per heavy atom. The number of benzene rings is 2. The summed E-state index contributed by atoms with van der Waals surface area (Å²) in [6.07, 6.45) is 2.67. The molecule has 0 aliphatic carbocycles. The molecule has 0 radical (unpaired) electrons. The number of carbonyl (C=O) groups is 1. The van der Waals surface area contributed by atoms with E-state index in [0.29, 0.717) is 27.6 Å². The van der Waals surface area contributed by atoms with E-state index in [1.807, 2.05) is 6.92 Å². The minimum Gasteiger partial charge on any atom is -0.324 e. The van der Waals surface area contributed by atoms with E-state index in [4.69, 9.17) is 0 Å². The number of sulfonamides is 1. The summed E-state index contributed by atoms with van der Waals surface area (Å²) in [5, 5.41) is 13.7. The number of carbonyl (C=O) groups excluding carboxylic acids is 1. The average molecular weight is 507 g/mol. The molecule has 3 aromatic rings. The van der Waals surface area contributed by atoms with Gasteiger partial charge in [0.1, 0.15) is 4.90 Å². The van der Waals surface area contributed by atoms with Crippen LogP contribution >= 0.6 is 23.1 Å². The molecule has 1 aromatic heterocycles. The number of amides is 1. The number of hydrogen-bond acceptors (Lipinski definition) is 8. The molecule has 1 aliphatic rings. The van der Waals surface area contributed by atoms with Crippen molar-refractivity contribution in [1.29, 1.82) is 0 Å². The van der Waals surface area contributed by atoms with Gasteiger partial charge in [-0.3, -0.25) is 14.9 Å². The van der Waals surface area contributed by atoms with E-state index >= 15 is 0 Å². The molecule has 174 valence electrons. The molecule has 1 aliphatic heterocycles. The predicted octanol–water partition coefficient (Wildman–Crippen LogP) is 4.42. The van der Waals surface area contributed by atoms with Crippen LogP contribution in [0.3, 0.4) is 0 Å². The first-order chi connectivity index (χ1) is 15.7. The maximum absolute atomic E-state index is 13.2. The molecule has 4 rings (SSSR count). The summed E-state index contributed by atoms with van der Waals surface area (Å²) >= 11 is 2.47. The summed E-state index contributed by atoms with van der Waals surface area (Å²) in [5.74, 6) is -0.330. The minimum atomic E-state index is -3.71. The number of nitro benzene ring substituents is 1. The third-order valence-electron chi connectivity index (χ3n) is 5.23. The first-order valence-corrected chi connectivity index (χ1v) is 13.6. The van der Waals surface area contributed by atoms with Gasteiger partial charge in [-0.15, -0.1) is 11.3 Å². The number of non-ortho nitro benzene ring substituents is 1. The molecule has 1 saturated heterocycles. The number of thioether (sulfide) groups is 1. The van der Waals surface area contributed by atoms with Crippen molar-refractivity contribution in [1.82, 2.24) is 9.29 Å². The fraction of sp³-hybridized carbons (Fsp3) is 0.333. The normalized spacial score (nSPS) is 14.9. The molecule has 12 heteroatoms. The van der Waals surface area contributed by atoms with Gasteiger partial charge >= 0.3 is 0 Å². The van der Waals surface area contributed by atoms with E-state index in [2.05, 4.69) is 10.3 Å². The second kappa shape index (κ2) is 9.75. The lowest BCUT2D eigenvalue weighted by Gasteiger charge is -2.27. The monoisotopic (exact) mass is 506 g/mol. The molecule has 0 saturated carbocycles. The molecule has 1 amide bonds. The topological polar surface area (TPSA) is 123 Å². The standard InChI is InChI=1S/C21H22N4O5S3/c1-14-5-7-17(19(11-14)33(29,30)24-9-3-2-4-10-24)22-20(26)13-31-21-23-16-8-6-15(25(27)28)12-18(16)32-21/h5-8,11-12H,2-4,9-10,13H2,1H3,(H,22,26). The second-order valence-corrected chi connectivity index (χ2v) is 11.8. The van der Waals surface area contributed by atoms with E-state index in [1.54, 1.807) is 24.3 Å². The molecule has 0 atom stereocenters. The Morgan fingerprint density at radius 2 is 1.97 bits per heavy atom. The van der Waals surface area contributed by atoms with Gasteiger partial charge in [0.05, 0.1) is 26.6 Å². The minimum absolute atomic E-state index is 0.0118. The summed E-state index contributed by atoms with van der Waals surface area (Å²) in [6.45, 7) is 2.78. The van der Waals surface area contributed by atoms with Crippen LogP contribution in [-0.4, -0.2) is 47.4 Å². The number of aromatic nitrogens is 1. The van der Waals surface area contributed by atoms with E-state index in [-0.39, 0.29) is 27.9 Å². The lowest BCUT2D eigenvalue weighted by molar-refractivity contribution is -0.384. The largest absolute Gasteiger partial charge is 0.324 e. The number of nitrogens with zero attached hydrogens (tertiary/aromatic N) is 3. The van der Waals surface area contributed by atoms with Crippen LogP contribution in [0.2, 0.25) is 0 Å². The van der Waals surface area contributed by atoms with Crippen molar-refractivity contribution < 1.29 is 18.1 Å². The third kappa shape index (κ3) is 5.35. The number of hydrogen-bond donors (Lipinski definition) is 1. The van der Waals surface area contributed by atoms with Crippen molar-refractivity contribution in [2.45, 2.75) is 35.4 Å². The highest BCUT2D eigenvalue weighted by Gasteiger charge is 2.29. The zero-order chi connectivity index (χ0) is 23.6. The van der Waals surface area contributed by atoms with Crippen LogP contribution in [0.15, 0.2) is 45.6 Å². The Labute approximate surface area is 199 Å². The third-order valence-corrected chi connectivity index (χ3v) is 9.33. The number of nitro groups is 1. The first kappa shape index (κ1) is 23.6. The van der Waals surface area contributed by atoms with Crippen LogP contribution in [0.25, 0.3) is 10.2 Å². The lowest BCUT2D eigenvalue weighted by atomic mass is 10.2. The molecule has 1 N–H and O–H groups in total. The van der Waals surface area contributed by atoms with E-state index < -0.39 is 14.9 Å². The SMILES string of the molecule is Cc1ccc(NC(=O)CSc2nc3ccc([N+](=O)[O-])cc3s2)c(S(=O)(=O)N2CCCCC2)c1. The van der Waals surface area contributed by atoms with Crippen molar-refractivity contribution in [3.05, 3.63) is 52.1 Å². The number of fused-ring (bicyclic) bond motifs is 1. The Bertz CT molecular complexity index is 1320. The van der Waals surface area contributed by atoms with Gasteiger partial charge in [-0.1, -0.05) is 24.2 Å². The number of nitrogens with one attached hydrogen (secondary N) is 1. The molecule has 33 heavy (non-hydrogen) atoms. The van der Waals surface area contributed by atoms with Gasteiger partial charge in [-0.05, 0) is 43.5 Å². The van der Waals surface area contributed by atoms with Crippen LogP contribution in [0.4, 0.5) is 11.4 Å². The maximum atomic E-state index is 13.2. The smallest absolute Gasteiger partial charge is 0.270 e. The van der Waals surface area contributed by atoms with Gasteiger partial charge in [-0.2, -0.15) is 4.31 Å². The molecular formula is C21H22N4O5S3. The van der Waals surface area contributed by atoms with Crippen molar-refractivity contribution in [2.75, 3.05) is 24.2 Å². The van der Waals surface area contributed by atoms with Crippen LogP contribution < -0.4 is 5.32 Å². The Hall–Kier alpha value is -2.54. The fourth-order valence-corrected chi connectivity index (χ4v) is 7.22. The van der Waals surface area contributed by atoms with Gasteiger partial charge in [0.2, 0.25) is 15.9 Å². The maximum Gasteiger partial charge on any atom is 0.270 e. The molecule has 2 heterocycles. The summed E-state index contributed by atoms with van der Waals surface area (Å²) < 4.78 is 29.2. The molecule has 1 fully saturated rings. The Balaban J connectivity index is 1.48. The zero-order valence-electron chi connectivity index (χ0n) is 17.8. The van der Waals surface area contributed by atoms with Crippen molar-refractivity contribution >= 4 is 60.6 Å². The summed E-state index contributed by atoms with van der Waals surface area (Å²) in [4.78, 5) is 27.6. The van der Waals surface area contributed by atoms with Gasteiger partial charge in [0.15, 0.2) is 4.34 Å². The van der Waals surface area contributed by atoms with Crippen molar-refractivity contribution in [3.8, 4) is 0 Å². The number of anilines is 1. The molecule has 9 nitrogen and oxygen atoms in total. The predicted molar refractivity (Wildman–Crippen MR) is 129 cm³/mol. The van der Waals surface area contributed by atoms with Gasteiger partial charge in [0, 0.05) is 25.2 Å². The summed E-state index contributed by atoms with van der Waals surface area (Å²) in [5.41, 5.74) is 1.67. The summed E-state index contributed by atoms with van der Waals surface area (Å²) in [6, 6.07) is 9.40. The zero-order valence-corrected chi connectivity index (χ0v) is 20.3. The van der Waals surface area contributed by atoms with Gasteiger partial charge in [-0.25, -0.2) is 13.4 Å². The van der Waals surface area contributed by atoms with Crippen LogP contribution in [0.5, 0.6) is 0 Å². The Morgan fingerprint density at radius 3 is 2.70 bits per heavy atom. The van der Waals surface area contributed by atoms with E-state index in [1.165, 1.54) is 39.5 Å². The Kier molecular flexibility index (Phi) is 6.98. The van der Waals surface area contributed by atoms with Crippen LogP contribution in [0, 0.1) is 17.0 Å². The van der Waals surface area contributed by atoms with Crippen molar-refractivity contribution in [3.63, 3.8) is 0 Å². The van der Waals surface area contributed by atoms with E-state index in [9.17, 15) is 23.3 Å². The highest BCUT2D eigenvalue weighted by atomic mass is 32.2. The molecule has 0 spiro atoms. The van der Waals surface area contributed by atoms with Crippen molar-refractivity contribution in [2.24, 2.45) is 0 Å².